The zero-order valence-corrected chi connectivity index (χ0v) is 18.0. The van der Waals surface area contributed by atoms with Crippen LogP contribution in [0.5, 0.6) is 0 Å². The molecular weight excluding hydrogens is 422 g/mol. The number of aryl methyl sites for hydroxylation is 1. The number of anilines is 1. The average Bonchev–Trinajstić information content (AvgIpc) is 2.83. The van der Waals surface area contributed by atoms with Gasteiger partial charge in [-0.3, -0.25) is 23.9 Å². The highest BCUT2D eigenvalue weighted by Gasteiger charge is 2.17. The van der Waals surface area contributed by atoms with E-state index in [1.54, 1.807) is 24.3 Å². The molecule has 0 bridgehead atoms. The molecule has 2 amide bonds. The van der Waals surface area contributed by atoms with Gasteiger partial charge in [0.2, 0.25) is 0 Å². The Morgan fingerprint density at radius 3 is 2.45 bits per heavy atom. The van der Waals surface area contributed by atoms with Crippen molar-refractivity contribution in [2.75, 3.05) is 5.32 Å². The summed E-state index contributed by atoms with van der Waals surface area (Å²) >= 11 is 0. The number of carbonyl (C=O) groups is 2. The van der Waals surface area contributed by atoms with Crippen LogP contribution in [-0.4, -0.2) is 26.3 Å². The van der Waals surface area contributed by atoms with Crippen LogP contribution in [0.3, 0.4) is 0 Å². The molecular formula is C24H21N5O4. The van der Waals surface area contributed by atoms with Crippen molar-refractivity contribution in [2.45, 2.75) is 13.0 Å². The van der Waals surface area contributed by atoms with Crippen molar-refractivity contribution in [2.24, 2.45) is 7.05 Å². The highest BCUT2D eigenvalue weighted by Crippen LogP contribution is 2.19. The lowest BCUT2D eigenvalue weighted by Gasteiger charge is -2.16. The number of H-pyrrole nitrogens is 1. The summed E-state index contributed by atoms with van der Waals surface area (Å²) in [6, 6.07) is 17.3. The monoisotopic (exact) mass is 443 g/mol. The number of nitrogens with zero attached hydrogens (tertiary/aromatic N) is 2. The fourth-order valence-corrected chi connectivity index (χ4v) is 3.44. The summed E-state index contributed by atoms with van der Waals surface area (Å²) in [6.07, 6.45) is 1.27. The van der Waals surface area contributed by atoms with Crippen molar-refractivity contribution in [3.05, 3.63) is 104 Å². The van der Waals surface area contributed by atoms with Crippen LogP contribution >= 0.6 is 0 Å². The first-order valence-corrected chi connectivity index (χ1v) is 10.2. The van der Waals surface area contributed by atoms with Gasteiger partial charge < -0.3 is 10.6 Å². The van der Waals surface area contributed by atoms with Crippen molar-refractivity contribution >= 4 is 28.5 Å². The molecule has 9 nitrogen and oxygen atoms in total. The highest BCUT2D eigenvalue weighted by molar-refractivity contribution is 6.09. The molecule has 0 fully saturated rings. The normalized spacial score (nSPS) is 11.7. The molecule has 1 unspecified atom stereocenters. The van der Waals surface area contributed by atoms with E-state index >= 15 is 0 Å². The van der Waals surface area contributed by atoms with Crippen molar-refractivity contribution < 1.29 is 9.59 Å². The molecule has 33 heavy (non-hydrogen) atoms. The van der Waals surface area contributed by atoms with E-state index in [9.17, 15) is 19.2 Å². The molecule has 0 radical (unpaired) electrons. The summed E-state index contributed by atoms with van der Waals surface area (Å²) in [5, 5.41) is 5.74. The maximum atomic E-state index is 12.9. The number of benzene rings is 2. The maximum Gasteiger partial charge on any atom is 0.329 e. The highest BCUT2D eigenvalue weighted by atomic mass is 16.2. The number of nitrogens with one attached hydrogen (secondary N) is 3. The first kappa shape index (κ1) is 21.7. The van der Waals surface area contributed by atoms with Crippen LogP contribution in [0.4, 0.5) is 5.69 Å². The van der Waals surface area contributed by atoms with Gasteiger partial charge in [0.15, 0.2) is 0 Å². The minimum absolute atomic E-state index is 0.104. The van der Waals surface area contributed by atoms with Crippen molar-refractivity contribution in [1.29, 1.82) is 0 Å². The van der Waals surface area contributed by atoms with Gasteiger partial charge in [-0.05, 0) is 30.7 Å². The number of aromatic nitrogens is 3. The van der Waals surface area contributed by atoms with Crippen LogP contribution in [0, 0.1) is 0 Å². The molecule has 2 heterocycles. The molecule has 9 heteroatoms. The van der Waals surface area contributed by atoms with E-state index in [0.717, 1.165) is 5.56 Å². The Kier molecular flexibility index (Phi) is 5.86. The van der Waals surface area contributed by atoms with E-state index in [0.29, 0.717) is 11.3 Å². The number of para-hydroxylation sites is 1. The van der Waals surface area contributed by atoms with Crippen molar-refractivity contribution in [3.8, 4) is 0 Å². The van der Waals surface area contributed by atoms with Crippen LogP contribution < -0.4 is 21.9 Å². The second kappa shape index (κ2) is 8.91. The second-order valence-electron chi connectivity index (χ2n) is 7.52. The fraction of sp³-hybridized carbons (Fsp3) is 0.125. The van der Waals surface area contributed by atoms with Gasteiger partial charge in [-0.1, -0.05) is 42.5 Å². The molecule has 0 saturated heterocycles. The lowest BCUT2D eigenvalue weighted by atomic mass is 10.1. The Hall–Kier alpha value is -4.53. The molecule has 166 valence electrons. The summed E-state index contributed by atoms with van der Waals surface area (Å²) in [5.41, 5.74) is 0.605. The van der Waals surface area contributed by atoms with Crippen LogP contribution in [0.2, 0.25) is 0 Å². The van der Waals surface area contributed by atoms with E-state index in [4.69, 9.17) is 0 Å². The predicted molar refractivity (Wildman–Crippen MR) is 124 cm³/mol. The predicted octanol–water partition coefficient (Wildman–Crippen LogP) is 2.37. The van der Waals surface area contributed by atoms with Crippen LogP contribution in [0.25, 0.3) is 11.0 Å². The Morgan fingerprint density at radius 1 is 1.00 bits per heavy atom. The Labute approximate surface area is 188 Å². The van der Waals surface area contributed by atoms with Gasteiger partial charge in [-0.15, -0.1) is 0 Å². The fourth-order valence-electron chi connectivity index (χ4n) is 3.44. The molecule has 0 aliphatic rings. The Morgan fingerprint density at radius 2 is 1.70 bits per heavy atom. The molecule has 3 N–H and O–H groups in total. The van der Waals surface area contributed by atoms with Crippen LogP contribution in [0.1, 0.15) is 39.2 Å². The Balaban J connectivity index is 1.59. The standard InChI is InChI=1S/C24H21N5O4/c1-14(15-8-4-3-5-9-15)26-22(31)17-10-6-7-11-19(17)27-21(30)16-12-18-20(25-13-16)29(2)24(33)28-23(18)32/h3-14H,1-2H3,(H,26,31)(H,27,30)(H,28,32,33). The summed E-state index contributed by atoms with van der Waals surface area (Å²) in [5.74, 6) is -0.889. The lowest BCUT2D eigenvalue weighted by Crippen LogP contribution is -2.29. The first-order valence-electron chi connectivity index (χ1n) is 10.2. The number of amides is 2. The second-order valence-corrected chi connectivity index (χ2v) is 7.52. The van der Waals surface area contributed by atoms with Gasteiger partial charge in [0.05, 0.1) is 28.2 Å². The van der Waals surface area contributed by atoms with E-state index in [1.165, 1.54) is 23.9 Å². The molecule has 2 aromatic heterocycles. The minimum atomic E-state index is -0.634. The molecule has 1 atom stereocenters. The molecule has 0 aliphatic heterocycles. The summed E-state index contributed by atoms with van der Waals surface area (Å²) in [4.78, 5) is 55.9. The smallest absolute Gasteiger partial charge is 0.329 e. The third kappa shape index (κ3) is 4.42. The third-order valence-corrected chi connectivity index (χ3v) is 5.28. The van der Waals surface area contributed by atoms with Crippen molar-refractivity contribution in [3.63, 3.8) is 0 Å². The third-order valence-electron chi connectivity index (χ3n) is 5.28. The molecule has 0 spiro atoms. The Bertz CT molecular complexity index is 1470. The van der Waals surface area contributed by atoms with Gasteiger partial charge in [0.1, 0.15) is 5.65 Å². The number of fused-ring (bicyclic) bond motifs is 1. The van der Waals surface area contributed by atoms with Gasteiger partial charge >= 0.3 is 5.69 Å². The topological polar surface area (TPSA) is 126 Å². The number of aromatic amines is 1. The quantitative estimate of drug-likeness (QED) is 0.437. The molecule has 4 aromatic rings. The van der Waals surface area contributed by atoms with Gasteiger partial charge in [0.25, 0.3) is 17.4 Å². The number of carbonyl (C=O) groups excluding carboxylic acids is 2. The van der Waals surface area contributed by atoms with E-state index in [-0.39, 0.29) is 28.5 Å². The zero-order chi connectivity index (χ0) is 23.5. The number of hydrogen-bond acceptors (Lipinski definition) is 5. The van der Waals surface area contributed by atoms with Crippen molar-refractivity contribution in [1.82, 2.24) is 19.9 Å². The van der Waals surface area contributed by atoms with Crippen LogP contribution in [-0.2, 0) is 7.05 Å². The number of pyridine rings is 1. The van der Waals surface area contributed by atoms with Crippen LogP contribution in [0.15, 0.2) is 76.4 Å². The summed E-state index contributed by atoms with van der Waals surface area (Å²) < 4.78 is 1.19. The first-order chi connectivity index (χ1) is 15.8. The van der Waals surface area contributed by atoms with Gasteiger partial charge in [-0.2, -0.15) is 0 Å². The summed E-state index contributed by atoms with van der Waals surface area (Å²) in [6.45, 7) is 1.88. The van der Waals surface area contributed by atoms with E-state index in [1.807, 2.05) is 37.3 Å². The maximum absolute atomic E-state index is 12.9. The average molecular weight is 443 g/mol. The lowest BCUT2D eigenvalue weighted by molar-refractivity contribution is 0.0940. The SMILES string of the molecule is CC(NC(=O)c1ccccc1NC(=O)c1cnc2c(c1)c(=O)[nH]c(=O)n2C)c1ccccc1. The molecule has 4 rings (SSSR count). The zero-order valence-electron chi connectivity index (χ0n) is 18.0. The number of rotatable bonds is 5. The molecule has 0 saturated carbocycles. The minimum Gasteiger partial charge on any atom is -0.345 e. The number of hydrogen-bond donors (Lipinski definition) is 3. The largest absolute Gasteiger partial charge is 0.345 e. The van der Waals surface area contributed by atoms with E-state index < -0.39 is 17.2 Å². The summed E-state index contributed by atoms with van der Waals surface area (Å²) in [7, 11) is 1.47. The van der Waals surface area contributed by atoms with Gasteiger partial charge in [-0.25, -0.2) is 9.78 Å². The van der Waals surface area contributed by atoms with Gasteiger partial charge in [0, 0.05) is 13.2 Å². The van der Waals surface area contributed by atoms with E-state index in [2.05, 4.69) is 20.6 Å². The molecule has 2 aromatic carbocycles. The molecule has 0 aliphatic carbocycles.